The third-order valence-electron chi connectivity index (χ3n) is 7.09. The Kier molecular flexibility index (Phi) is 3.95. The summed E-state index contributed by atoms with van der Waals surface area (Å²) in [7, 11) is 0. The lowest BCUT2D eigenvalue weighted by Gasteiger charge is -2.45. The van der Waals surface area contributed by atoms with Gasteiger partial charge in [-0.25, -0.2) is 0 Å². The number of carbonyl (C=O) groups is 2. The summed E-state index contributed by atoms with van der Waals surface area (Å²) in [4.78, 5) is 31.6. The van der Waals surface area contributed by atoms with Crippen molar-refractivity contribution in [1.29, 1.82) is 0 Å². The number of benzene rings is 4. The number of amides is 2. The van der Waals surface area contributed by atoms with Crippen LogP contribution in [0.1, 0.15) is 22.8 Å². The Balaban J connectivity index is 1.52. The van der Waals surface area contributed by atoms with Crippen LogP contribution in [0.5, 0.6) is 0 Å². The molecule has 0 aliphatic carbocycles. The van der Waals surface area contributed by atoms with Gasteiger partial charge in [-0.05, 0) is 43.3 Å². The van der Waals surface area contributed by atoms with Gasteiger partial charge < -0.3 is 14.6 Å². The number of carbonyl (C=O) groups excluding carboxylic acids is 2. The Hall–Kier alpha value is -4.58. The average Bonchev–Trinajstić information content (AvgIpc) is 3.37. The predicted molar refractivity (Wildman–Crippen MR) is 137 cm³/mol. The first-order valence-electron chi connectivity index (χ1n) is 11.7. The molecule has 1 N–H and O–H groups in total. The van der Waals surface area contributed by atoms with Crippen molar-refractivity contribution in [2.45, 2.75) is 12.6 Å². The SMILES string of the molecule is CCN1C(=O)[C@]2(Nc3ccccc3C(=O)N2c2ccc3c(c2)oc2ccccc23)c2ccccc21. The van der Waals surface area contributed by atoms with Gasteiger partial charge in [0.2, 0.25) is 5.66 Å². The van der Waals surface area contributed by atoms with Crippen LogP contribution in [0.3, 0.4) is 0 Å². The van der Waals surface area contributed by atoms with Gasteiger partial charge in [-0.15, -0.1) is 0 Å². The van der Waals surface area contributed by atoms with E-state index in [0.717, 1.165) is 27.6 Å². The topological polar surface area (TPSA) is 65.8 Å². The number of anilines is 3. The molecule has 0 saturated carbocycles. The highest BCUT2D eigenvalue weighted by Crippen LogP contribution is 2.50. The number of para-hydroxylation sites is 3. The molecular weight excluding hydrogens is 438 g/mol. The van der Waals surface area contributed by atoms with Crippen LogP contribution in [-0.2, 0) is 10.5 Å². The van der Waals surface area contributed by atoms with E-state index in [2.05, 4.69) is 5.32 Å². The number of nitrogens with zero attached hydrogens (tertiary/aromatic N) is 2. The number of rotatable bonds is 2. The van der Waals surface area contributed by atoms with Gasteiger partial charge in [-0.2, -0.15) is 0 Å². The van der Waals surface area contributed by atoms with E-state index in [0.29, 0.717) is 29.1 Å². The minimum Gasteiger partial charge on any atom is -0.456 e. The quantitative estimate of drug-likeness (QED) is 0.358. The summed E-state index contributed by atoms with van der Waals surface area (Å²) in [6, 6.07) is 28.6. The summed E-state index contributed by atoms with van der Waals surface area (Å²) in [6.45, 7) is 2.43. The van der Waals surface area contributed by atoms with Crippen molar-refractivity contribution in [3.05, 3.63) is 102 Å². The molecule has 0 fully saturated rings. The third-order valence-corrected chi connectivity index (χ3v) is 7.09. The van der Waals surface area contributed by atoms with Crippen LogP contribution < -0.4 is 15.1 Å². The molecule has 1 spiro atoms. The molecule has 5 aromatic rings. The van der Waals surface area contributed by atoms with E-state index in [1.807, 2.05) is 91.9 Å². The second-order valence-corrected chi connectivity index (χ2v) is 8.87. The minimum absolute atomic E-state index is 0.186. The first-order valence-corrected chi connectivity index (χ1v) is 11.7. The summed E-state index contributed by atoms with van der Waals surface area (Å²) < 4.78 is 6.12. The monoisotopic (exact) mass is 459 g/mol. The van der Waals surface area contributed by atoms with Crippen LogP contribution in [0.15, 0.2) is 95.4 Å². The number of fused-ring (bicyclic) bond motifs is 6. The van der Waals surface area contributed by atoms with Crippen molar-refractivity contribution in [3.63, 3.8) is 0 Å². The summed E-state index contributed by atoms with van der Waals surface area (Å²) in [5, 5.41) is 5.45. The van der Waals surface area contributed by atoms with Crippen LogP contribution in [-0.4, -0.2) is 18.4 Å². The summed E-state index contributed by atoms with van der Waals surface area (Å²) >= 11 is 0. The molecule has 2 amide bonds. The average molecular weight is 460 g/mol. The van der Waals surface area contributed by atoms with E-state index in [4.69, 9.17) is 4.42 Å². The molecular formula is C29H21N3O3. The predicted octanol–water partition coefficient (Wildman–Crippen LogP) is 5.88. The van der Waals surface area contributed by atoms with Crippen LogP contribution in [0.25, 0.3) is 21.9 Å². The van der Waals surface area contributed by atoms with Gasteiger partial charge in [0, 0.05) is 34.6 Å². The van der Waals surface area contributed by atoms with Gasteiger partial charge in [-0.3, -0.25) is 14.5 Å². The van der Waals surface area contributed by atoms with Crippen molar-refractivity contribution >= 4 is 50.8 Å². The molecule has 2 aliphatic rings. The van der Waals surface area contributed by atoms with E-state index in [9.17, 15) is 9.59 Å². The van der Waals surface area contributed by atoms with E-state index >= 15 is 0 Å². The van der Waals surface area contributed by atoms with Gasteiger partial charge in [0.05, 0.1) is 16.9 Å². The van der Waals surface area contributed by atoms with Crippen LogP contribution in [0, 0.1) is 0 Å². The van der Waals surface area contributed by atoms with Gasteiger partial charge >= 0.3 is 0 Å². The van der Waals surface area contributed by atoms with E-state index in [1.165, 1.54) is 0 Å². The zero-order chi connectivity index (χ0) is 23.7. The highest BCUT2D eigenvalue weighted by atomic mass is 16.3. The molecule has 7 rings (SSSR count). The molecule has 0 unspecified atom stereocenters. The van der Waals surface area contributed by atoms with Gasteiger partial charge in [0.1, 0.15) is 11.2 Å². The van der Waals surface area contributed by atoms with Crippen molar-refractivity contribution in [2.24, 2.45) is 0 Å². The number of furan rings is 1. The number of hydrogen-bond acceptors (Lipinski definition) is 4. The smallest absolute Gasteiger partial charge is 0.279 e. The highest BCUT2D eigenvalue weighted by Gasteiger charge is 2.59. The Morgan fingerprint density at radius 3 is 2.46 bits per heavy atom. The molecule has 1 aromatic heterocycles. The van der Waals surface area contributed by atoms with Crippen molar-refractivity contribution in [1.82, 2.24) is 0 Å². The molecule has 3 heterocycles. The number of nitrogens with one attached hydrogen (secondary N) is 1. The van der Waals surface area contributed by atoms with Crippen LogP contribution in [0.4, 0.5) is 17.1 Å². The molecule has 0 saturated heterocycles. The van der Waals surface area contributed by atoms with Crippen LogP contribution >= 0.6 is 0 Å². The summed E-state index contributed by atoms with van der Waals surface area (Å²) in [5.41, 5.74) is 3.33. The lowest BCUT2D eigenvalue weighted by molar-refractivity contribution is -0.122. The van der Waals surface area contributed by atoms with Gasteiger partial charge in [-0.1, -0.05) is 48.5 Å². The highest BCUT2D eigenvalue weighted by molar-refractivity contribution is 6.23. The first-order chi connectivity index (χ1) is 17.1. The molecule has 6 heteroatoms. The fourth-order valence-electron chi connectivity index (χ4n) is 5.55. The molecule has 2 aliphatic heterocycles. The standard InChI is InChI=1S/C29H21N3O3/c1-2-31-24-13-7-5-11-22(24)29(28(31)34)30-23-12-6-3-10-21(23)27(33)32(29)18-15-16-20-19-9-4-8-14-25(19)35-26(20)17-18/h3-17,30H,2H2,1H3/t29-/m0/s1. The summed E-state index contributed by atoms with van der Waals surface area (Å²) in [5.74, 6) is -0.426. The normalized spacial score (nSPS) is 18.9. The Morgan fingerprint density at radius 2 is 1.57 bits per heavy atom. The lowest BCUT2D eigenvalue weighted by atomic mass is 9.92. The molecule has 6 nitrogen and oxygen atoms in total. The molecule has 1 atom stereocenters. The fraction of sp³-hybridized carbons (Fsp3) is 0.103. The minimum atomic E-state index is -1.41. The summed E-state index contributed by atoms with van der Waals surface area (Å²) in [6.07, 6.45) is 0. The van der Waals surface area contributed by atoms with E-state index in [-0.39, 0.29) is 11.8 Å². The maximum absolute atomic E-state index is 14.2. The first kappa shape index (κ1) is 19.9. The van der Waals surface area contributed by atoms with Crippen molar-refractivity contribution < 1.29 is 14.0 Å². The molecule has 35 heavy (non-hydrogen) atoms. The Bertz CT molecular complexity index is 1690. The van der Waals surface area contributed by atoms with Crippen molar-refractivity contribution in [3.8, 4) is 0 Å². The van der Waals surface area contributed by atoms with Gasteiger partial charge in [0.25, 0.3) is 11.8 Å². The fourth-order valence-corrected chi connectivity index (χ4v) is 5.55. The zero-order valence-corrected chi connectivity index (χ0v) is 19.0. The zero-order valence-electron chi connectivity index (χ0n) is 19.0. The second-order valence-electron chi connectivity index (χ2n) is 8.87. The Labute approximate surface area is 201 Å². The second kappa shape index (κ2) is 6.96. The molecule has 0 bridgehead atoms. The third kappa shape index (κ3) is 2.48. The molecule has 4 aromatic carbocycles. The van der Waals surface area contributed by atoms with Gasteiger partial charge in [0.15, 0.2) is 0 Å². The van der Waals surface area contributed by atoms with Crippen molar-refractivity contribution in [2.75, 3.05) is 21.7 Å². The lowest BCUT2D eigenvalue weighted by Crippen LogP contribution is -2.63. The largest absolute Gasteiger partial charge is 0.456 e. The van der Waals surface area contributed by atoms with Crippen LogP contribution in [0.2, 0.25) is 0 Å². The molecule has 0 radical (unpaired) electrons. The van der Waals surface area contributed by atoms with E-state index < -0.39 is 5.66 Å². The van der Waals surface area contributed by atoms with E-state index in [1.54, 1.807) is 15.9 Å². The maximum atomic E-state index is 14.2. The number of hydrogen-bond donors (Lipinski definition) is 1. The Morgan fingerprint density at radius 1 is 0.829 bits per heavy atom. The molecule has 170 valence electrons. The number of likely N-dealkylation sites (N-methyl/N-ethyl adjacent to an activating group) is 1. The maximum Gasteiger partial charge on any atom is 0.279 e.